The lowest BCUT2D eigenvalue weighted by Crippen LogP contribution is -2.34. The molecule has 0 aliphatic heterocycles. The molecule has 1 amide bonds. The predicted octanol–water partition coefficient (Wildman–Crippen LogP) is 5.57. The normalized spacial score (nSPS) is 12.0. The molecule has 0 spiro atoms. The molecule has 4 aromatic carbocycles. The first kappa shape index (κ1) is 23.3. The fraction of sp³-hybridized carbons (Fsp3) is 0.107. The Morgan fingerprint density at radius 2 is 1.29 bits per heavy atom. The third kappa shape index (κ3) is 5.18. The van der Waals surface area contributed by atoms with Gasteiger partial charge in [-0.2, -0.15) is 0 Å². The molecule has 0 aliphatic carbocycles. The molecule has 0 heterocycles. The maximum absolute atomic E-state index is 13.7. The number of amides is 1. The lowest BCUT2D eigenvalue weighted by Gasteiger charge is -2.27. The van der Waals surface area contributed by atoms with E-state index in [2.05, 4.69) is 5.32 Å². The summed E-state index contributed by atoms with van der Waals surface area (Å²) < 4.78 is 28.8. The van der Waals surface area contributed by atoms with Crippen molar-refractivity contribution in [3.8, 4) is 0 Å². The maximum Gasteiger partial charge on any atom is 0.264 e. The highest BCUT2D eigenvalue weighted by molar-refractivity contribution is 7.92. The summed E-state index contributed by atoms with van der Waals surface area (Å²) in [5.74, 6) is -0.340. The van der Waals surface area contributed by atoms with Crippen molar-refractivity contribution in [2.75, 3.05) is 4.31 Å². The van der Waals surface area contributed by atoms with Crippen LogP contribution in [0.5, 0.6) is 0 Å². The highest BCUT2D eigenvalue weighted by atomic mass is 32.2. The fourth-order valence-corrected chi connectivity index (χ4v) is 5.24. The summed E-state index contributed by atoms with van der Waals surface area (Å²) in [5.41, 5.74) is 2.40. The van der Waals surface area contributed by atoms with E-state index in [4.69, 9.17) is 0 Å². The number of sulfonamides is 1. The Balaban J connectivity index is 1.74. The zero-order chi connectivity index (χ0) is 24.0. The number of hydrogen-bond acceptors (Lipinski definition) is 3. The van der Waals surface area contributed by atoms with Gasteiger partial charge in [0.15, 0.2) is 0 Å². The number of nitrogens with zero attached hydrogens (tertiary/aromatic N) is 1. The van der Waals surface area contributed by atoms with Crippen LogP contribution in [0.3, 0.4) is 0 Å². The molecule has 0 saturated carbocycles. The topological polar surface area (TPSA) is 66.5 Å². The van der Waals surface area contributed by atoms with Crippen LogP contribution in [0, 0.1) is 0 Å². The van der Waals surface area contributed by atoms with Crippen LogP contribution in [-0.2, 0) is 16.6 Å². The van der Waals surface area contributed by atoms with Crippen LogP contribution in [0.4, 0.5) is 5.69 Å². The molecular weight excluding hydrogens is 444 g/mol. The molecule has 5 nitrogen and oxygen atoms in total. The Morgan fingerprint density at radius 3 is 1.94 bits per heavy atom. The van der Waals surface area contributed by atoms with Crippen molar-refractivity contribution in [2.24, 2.45) is 0 Å². The second-order valence-corrected chi connectivity index (χ2v) is 9.80. The predicted molar refractivity (Wildman–Crippen MR) is 135 cm³/mol. The van der Waals surface area contributed by atoms with Crippen LogP contribution in [0.2, 0.25) is 0 Å². The van der Waals surface area contributed by atoms with E-state index in [9.17, 15) is 13.2 Å². The zero-order valence-electron chi connectivity index (χ0n) is 18.8. The third-order valence-corrected chi connectivity index (χ3v) is 7.34. The van der Waals surface area contributed by atoms with Crippen molar-refractivity contribution in [1.29, 1.82) is 0 Å². The van der Waals surface area contributed by atoms with Crippen LogP contribution in [-0.4, -0.2) is 14.3 Å². The average molecular weight is 471 g/mol. The summed E-state index contributed by atoms with van der Waals surface area (Å²) in [6.45, 7) is 1.99. The molecule has 34 heavy (non-hydrogen) atoms. The van der Waals surface area contributed by atoms with Gasteiger partial charge in [-0.3, -0.25) is 9.10 Å². The van der Waals surface area contributed by atoms with Gasteiger partial charge in [0.05, 0.1) is 28.7 Å². The molecule has 4 rings (SSSR count). The van der Waals surface area contributed by atoms with Gasteiger partial charge in [0.1, 0.15) is 0 Å². The summed E-state index contributed by atoms with van der Waals surface area (Å²) in [4.78, 5) is 13.5. The minimum atomic E-state index is -3.94. The molecule has 4 aromatic rings. The van der Waals surface area contributed by atoms with Gasteiger partial charge in [-0.25, -0.2) is 8.42 Å². The standard InChI is InChI=1S/C28H26N2O3S/c1-22(24-15-7-3-8-16-24)29-28(31)26-19-11-12-20-27(26)30(21-23-13-5-2-6-14-23)34(32,33)25-17-9-4-10-18-25/h2-20,22H,21H2,1H3,(H,29,31)/t22-/m0/s1. The smallest absolute Gasteiger partial charge is 0.264 e. The summed E-state index contributed by atoms with van der Waals surface area (Å²) in [6, 6.07) is 33.8. The van der Waals surface area contributed by atoms with Crippen molar-refractivity contribution in [1.82, 2.24) is 5.32 Å². The number of nitrogens with one attached hydrogen (secondary N) is 1. The van der Waals surface area contributed by atoms with E-state index in [1.165, 1.54) is 4.31 Å². The monoisotopic (exact) mass is 470 g/mol. The average Bonchev–Trinajstić information content (AvgIpc) is 2.89. The minimum Gasteiger partial charge on any atom is -0.345 e. The summed E-state index contributed by atoms with van der Waals surface area (Å²) in [7, 11) is -3.94. The van der Waals surface area contributed by atoms with E-state index in [-0.39, 0.29) is 23.4 Å². The highest BCUT2D eigenvalue weighted by Gasteiger charge is 2.28. The van der Waals surface area contributed by atoms with E-state index in [1.54, 1.807) is 54.6 Å². The summed E-state index contributed by atoms with van der Waals surface area (Å²) in [6.07, 6.45) is 0. The van der Waals surface area contributed by atoms with Gasteiger partial charge in [-0.15, -0.1) is 0 Å². The van der Waals surface area contributed by atoms with Crippen molar-refractivity contribution < 1.29 is 13.2 Å². The fourth-order valence-electron chi connectivity index (χ4n) is 3.75. The molecule has 0 aromatic heterocycles. The van der Waals surface area contributed by atoms with Crippen LogP contribution in [0.15, 0.2) is 120 Å². The molecule has 0 unspecified atom stereocenters. The lowest BCUT2D eigenvalue weighted by molar-refractivity contribution is 0.0940. The maximum atomic E-state index is 13.7. The molecule has 6 heteroatoms. The largest absolute Gasteiger partial charge is 0.345 e. The third-order valence-electron chi connectivity index (χ3n) is 5.56. The van der Waals surface area contributed by atoms with Crippen molar-refractivity contribution in [2.45, 2.75) is 24.4 Å². The summed E-state index contributed by atoms with van der Waals surface area (Å²) >= 11 is 0. The van der Waals surface area contributed by atoms with E-state index in [1.807, 2.05) is 67.6 Å². The van der Waals surface area contributed by atoms with E-state index in [0.717, 1.165) is 11.1 Å². The Bertz CT molecular complexity index is 1340. The Hall–Kier alpha value is -3.90. The number of benzene rings is 4. The second-order valence-electron chi connectivity index (χ2n) is 7.93. The number of rotatable bonds is 8. The van der Waals surface area contributed by atoms with Gasteiger partial charge in [0.25, 0.3) is 15.9 Å². The lowest BCUT2D eigenvalue weighted by atomic mass is 10.1. The first-order chi connectivity index (χ1) is 16.5. The number of carbonyl (C=O) groups is 1. The Labute approximate surface area is 200 Å². The van der Waals surface area contributed by atoms with Gasteiger partial charge in [0.2, 0.25) is 0 Å². The molecule has 0 radical (unpaired) electrons. The molecule has 0 saturated heterocycles. The van der Waals surface area contributed by atoms with Crippen LogP contribution in [0.25, 0.3) is 0 Å². The molecule has 1 N–H and O–H groups in total. The van der Waals surface area contributed by atoms with Crippen molar-refractivity contribution in [3.63, 3.8) is 0 Å². The van der Waals surface area contributed by atoms with Gasteiger partial charge < -0.3 is 5.32 Å². The molecule has 0 bridgehead atoms. The highest BCUT2D eigenvalue weighted by Crippen LogP contribution is 2.29. The zero-order valence-corrected chi connectivity index (χ0v) is 19.7. The van der Waals surface area contributed by atoms with Gasteiger partial charge in [-0.05, 0) is 42.3 Å². The van der Waals surface area contributed by atoms with E-state index >= 15 is 0 Å². The quantitative estimate of drug-likeness (QED) is 0.366. The van der Waals surface area contributed by atoms with Crippen LogP contribution >= 0.6 is 0 Å². The van der Waals surface area contributed by atoms with Gasteiger partial charge in [0, 0.05) is 0 Å². The van der Waals surface area contributed by atoms with Gasteiger partial charge >= 0.3 is 0 Å². The molecule has 0 aliphatic rings. The molecule has 0 fully saturated rings. The number of carbonyl (C=O) groups excluding carboxylic acids is 1. The van der Waals surface area contributed by atoms with Crippen LogP contribution < -0.4 is 9.62 Å². The SMILES string of the molecule is C[C@H](NC(=O)c1ccccc1N(Cc1ccccc1)S(=O)(=O)c1ccccc1)c1ccccc1. The van der Waals surface area contributed by atoms with Gasteiger partial charge in [-0.1, -0.05) is 91.0 Å². The number of hydrogen-bond donors (Lipinski definition) is 1. The minimum absolute atomic E-state index is 0.0938. The molecular formula is C28H26N2O3S. The van der Waals surface area contributed by atoms with Crippen LogP contribution in [0.1, 0.15) is 34.5 Å². The second kappa shape index (κ2) is 10.4. The Morgan fingerprint density at radius 1 is 0.765 bits per heavy atom. The van der Waals surface area contributed by atoms with Crippen molar-refractivity contribution in [3.05, 3.63) is 132 Å². The molecule has 172 valence electrons. The molecule has 1 atom stereocenters. The Kier molecular flexibility index (Phi) is 7.09. The number of para-hydroxylation sites is 1. The first-order valence-electron chi connectivity index (χ1n) is 11.0. The van der Waals surface area contributed by atoms with E-state index in [0.29, 0.717) is 11.3 Å². The van der Waals surface area contributed by atoms with E-state index < -0.39 is 10.0 Å². The summed E-state index contributed by atoms with van der Waals surface area (Å²) in [5, 5.41) is 3.00. The van der Waals surface area contributed by atoms with Crippen molar-refractivity contribution >= 4 is 21.6 Å². The first-order valence-corrected chi connectivity index (χ1v) is 12.5. The number of anilines is 1.